The molecule has 1 spiro atoms. The average molecular weight is 421 g/mol. The van der Waals surface area contributed by atoms with Crippen molar-refractivity contribution in [3.05, 3.63) is 106 Å². The second-order valence-corrected chi connectivity index (χ2v) is 8.56. The summed E-state index contributed by atoms with van der Waals surface area (Å²) in [5, 5.41) is 9.49. The van der Waals surface area contributed by atoms with Crippen molar-refractivity contribution in [1.82, 2.24) is 0 Å². The molecular weight excluding hydrogens is 402 g/mol. The van der Waals surface area contributed by atoms with E-state index in [1.807, 2.05) is 30.3 Å². The fourth-order valence-electron chi connectivity index (χ4n) is 5.59. The van der Waals surface area contributed by atoms with Crippen molar-refractivity contribution in [1.29, 1.82) is 0 Å². The SMILES string of the molecule is O=C(O)c1ccc2c(c1)COC21c2ccccc2Oc2c1cc1c3c2CC=CN3CC=C1. The summed E-state index contributed by atoms with van der Waals surface area (Å²) in [5.41, 5.74) is 6.76. The first-order valence-corrected chi connectivity index (χ1v) is 10.7. The largest absolute Gasteiger partial charge is 0.478 e. The third-order valence-corrected chi connectivity index (χ3v) is 6.91. The van der Waals surface area contributed by atoms with Crippen molar-refractivity contribution in [3.63, 3.8) is 0 Å². The first-order valence-electron chi connectivity index (χ1n) is 10.7. The summed E-state index contributed by atoms with van der Waals surface area (Å²) in [6, 6.07) is 15.5. The number of nitrogens with zero attached hydrogens (tertiary/aromatic N) is 1. The van der Waals surface area contributed by atoms with Gasteiger partial charge in [0.1, 0.15) is 11.5 Å². The van der Waals surface area contributed by atoms with Crippen LogP contribution < -0.4 is 9.64 Å². The topological polar surface area (TPSA) is 59.0 Å². The number of carboxylic acids is 1. The lowest BCUT2D eigenvalue weighted by Crippen LogP contribution is -2.34. The molecule has 3 aromatic carbocycles. The van der Waals surface area contributed by atoms with Crippen LogP contribution in [0, 0.1) is 0 Å². The van der Waals surface area contributed by atoms with E-state index >= 15 is 0 Å². The summed E-state index contributed by atoms with van der Waals surface area (Å²) in [7, 11) is 0. The van der Waals surface area contributed by atoms with Gasteiger partial charge in [0, 0.05) is 29.4 Å². The minimum atomic E-state index is -0.933. The highest BCUT2D eigenvalue weighted by atomic mass is 16.5. The minimum absolute atomic E-state index is 0.272. The number of allylic oxidation sites excluding steroid dienone is 1. The predicted octanol–water partition coefficient (Wildman–Crippen LogP) is 5.22. The lowest BCUT2D eigenvalue weighted by molar-refractivity contribution is 0.0198. The van der Waals surface area contributed by atoms with Gasteiger partial charge >= 0.3 is 5.97 Å². The Morgan fingerprint density at radius 1 is 1.03 bits per heavy atom. The number of ether oxygens (including phenoxy) is 2. The zero-order valence-electron chi connectivity index (χ0n) is 17.2. The van der Waals surface area contributed by atoms with Gasteiger partial charge in [-0.3, -0.25) is 0 Å². The summed E-state index contributed by atoms with van der Waals surface area (Å²) >= 11 is 0. The van der Waals surface area contributed by atoms with Gasteiger partial charge in [-0.2, -0.15) is 0 Å². The molecule has 0 saturated carbocycles. The molecular formula is C27H19NO4. The smallest absolute Gasteiger partial charge is 0.335 e. The molecule has 7 rings (SSSR count). The molecule has 0 saturated heterocycles. The van der Waals surface area contributed by atoms with Gasteiger partial charge in [0.05, 0.1) is 17.9 Å². The van der Waals surface area contributed by atoms with E-state index in [9.17, 15) is 9.90 Å². The number of carbonyl (C=O) groups is 1. The minimum Gasteiger partial charge on any atom is -0.478 e. The first-order chi connectivity index (χ1) is 15.7. The third-order valence-electron chi connectivity index (χ3n) is 6.91. The summed E-state index contributed by atoms with van der Waals surface area (Å²) in [4.78, 5) is 13.8. The molecule has 156 valence electrons. The number of fused-ring (bicyclic) bond motifs is 7. The highest BCUT2D eigenvalue weighted by Crippen LogP contribution is 2.59. The molecule has 5 nitrogen and oxygen atoms in total. The zero-order chi connectivity index (χ0) is 21.4. The number of benzene rings is 3. The van der Waals surface area contributed by atoms with Crippen LogP contribution in [0.2, 0.25) is 0 Å². The monoisotopic (exact) mass is 421 g/mol. The van der Waals surface area contributed by atoms with Crippen LogP contribution in [0.25, 0.3) is 6.08 Å². The molecule has 4 aliphatic heterocycles. The second-order valence-electron chi connectivity index (χ2n) is 8.56. The van der Waals surface area contributed by atoms with Crippen molar-refractivity contribution in [2.45, 2.75) is 18.6 Å². The number of carboxylic acid groups (broad SMARTS) is 1. The van der Waals surface area contributed by atoms with Crippen molar-refractivity contribution >= 4 is 17.7 Å². The molecule has 4 aliphatic rings. The Bertz CT molecular complexity index is 1400. The Balaban J connectivity index is 1.56. The lowest BCUT2D eigenvalue weighted by atomic mass is 9.75. The maximum absolute atomic E-state index is 11.6. The number of para-hydroxylation sites is 1. The molecule has 3 aromatic rings. The Labute approximate surface area is 184 Å². The maximum Gasteiger partial charge on any atom is 0.335 e. The Hall–Kier alpha value is -3.83. The fraction of sp³-hybridized carbons (Fsp3) is 0.148. The van der Waals surface area contributed by atoms with Gasteiger partial charge in [0.15, 0.2) is 5.60 Å². The van der Waals surface area contributed by atoms with E-state index in [1.54, 1.807) is 12.1 Å². The van der Waals surface area contributed by atoms with Crippen LogP contribution >= 0.6 is 0 Å². The van der Waals surface area contributed by atoms with Gasteiger partial charge in [-0.25, -0.2) is 4.79 Å². The van der Waals surface area contributed by atoms with Crippen molar-refractivity contribution < 1.29 is 19.4 Å². The van der Waals surface area contributed by atoms with Crippen LogP contribution in [0.15, 0.2) is 66.9 Å². The Morgan fingerprint density at radius 3 is 2.84 bits per heavy atom. The van der Waals surface area contributed by atoms with Crippen LogP contribution in [0.5, 0.6) is 11.5 Å². The predicted molar refractivity (Wildman–Crippen MR) is 120 cm³/mol. The summed E-state index contributed by atoms with van der Waals surface area (Å²) in [5.74, 6) is 0.693. The lowest BCUT2D eigenvalue weighted by Gasteiger charge is -2.41. The molecule has 0 bridgehead atoms. The van der Waals surface area contributed by atoms with Gasteiger partial charge in [-0.1, -0.05) is 42.5 Å². The Morgan fingerprint density at radius 2 is 1.94 bits per heavy atom. The fourth-order valence-corrected chi connectivity index (χ4v) is 5.59. The normalized spacial score (nSPS) is 20.9. The van der Waals surface area contributed by atoms with Crippen LogP contribution in [0.1, 0.15) is 43.7 Å². The van der Waals surface area contributed by atoms with Gasteiger partial charge in [-0.05, 0) is 47.4 Å². The number of hydrogen-bond donors (Lipinski definition) is 1. The van der Waals surface area contributed by atoms with E-state index in [-0.39, 0.29) is 5.56 Å². The van der Waals surface area contributed by atoms with E-state index in [4.69, 9.17) is 9.47 Å². The van der Waals surface area contributed by atoms with Gasteiger partial charge < -0.3 is 19.5 Å². The molecule has 4 heterocycles. The summed E-state index contributed by atoms with van der Waals surface area (Å²) in [6.07, 6.45) is 9.44. The number of aromatic carboxylic acids is 1. The molecule has 1 N–H and O–H groups in total. The molecule has 0 aliphatic carbocycles. The highest BCUT2D eigenvalue weighted by molar-refractivity contribution is 5.88. The quantitative estimate of drug-likeness (QED) is 0.584. The molecule has 5 heteroatoms. The molecule has 0 radical (unpaired) electrons. The van der Waals surface area contributed by atoms with E-state index in [0.29, 0.717) is 6.61 Å². The molecule has 32 heavy (non-hydrogen) atoms. The maximum atomic E-state index is 11.6. The number of hydrogen-bond acceptors (Lipinski definition) is 4. The molecule has 1 atom stereocenters. The molecule has 1 unspecified atom stereocenters. The molecule has 0 fully saturated rings. The third kappa shape index (κ3) is 2.13. The van der Waals surface area contributed by atoms with E-state index in [1.165, 1.54) is 5.69 Å². The summed E-state index contributed by atoms with van der Waals surface area (Å²) < 4.78 is 13.2. The van der Waals surface area contributed by atoms with E-state index < -0.39 is 11.6 Å². The van der Waals surface area contributed by atoms with Gasteiger partial charge in [0.2, 0.25) is 0 Å². The van der Waals surface area contributed by atoms with Crippen molar-refractivity contribution in [2.75, 3.05) is 11.4 Å². The Kier molecular flexibility index (Phi) is 3.40. The number of anilines is 1. The van der Waals surface area contributed by atoms with Crippen LogP contribution in [-0.4, -0.2) is 17.6 Å². The van der Waals surface area contributed by atoms with Crippen LogP contribution in [0.3, 0.4) is 0 Å². The second kappa shape index (κ2) is 6.11. The number of rotatable bonds is 1. The van der Waals surface area contributed by atoms with E-state index in [2.05, 4.69) is 35.4 Å². The van der Waals surface area contributed by atoms with Gasteiger partial charge in [0.25, 0.3) is 0 Å². The zero-order valence-corrected chi connectivity index (χ0v) is 17.2. The first kappa shape index (κ1) is 17.8. The van der Waals surface area contributed by atoms with Crippen molar-refractivity contribution in [3.8, 4) is 11.5 Å². The van der Waals surface area contributed by atoms with Gasteiger partial charge in [-0.15, -0.1) is 0 Å². The molecule has 0 aromatic heterocycles. The van der Waals surface area contributed by atoms with Crippen LogP contribution in [-0.2, 0) is 23.4 Å². The van der Waals surface area contributed by atoms with E-state index in [0.717, 1.165) is 57.8 Å². The summed E-state index contributed by atoms with van der Waals surface area (Å²) in [6.45, 7) is 1.19. The van der Waals surface area contributed by atoms with Crippen LogP contribution in [0.4, 0.5) is 5.69 Å². The average Bonchev–Trinajstić information content (AvgIpc) is 3.20. The highest BCUT2D eigenvalue weighted by Gasteiger charge is 2.50. The van der Waals surface area contributed by atoms with Crippen molar-refractivity contribution in [2.24, 2.45) is 0 Å². The molecule has 0 amide bonds. The standard InChI is InChI=1S/C27H19NO4/c29-26(30)17-9-10-20-18(13-17)15-31-27(20)21-7-1-2-8-23(21)32-25-19-6-4-12-28-11-3-5-16(24(19)28)14-22(25)27/h1-5,7-10,12-14H,6,11,15H2,(H,29,30).